The largest absolute Gasteiger partial charge is 0.350 e. The lowest BCUT2D eigenvalue weighted by Crippen LogP contribution is -2.29. The van der Waals surface area contributed by atoms with Crippen LogP contribution in [0.15, 0.2) is 91.0 Å². The fourth-order valence-corrected chi connectivity index (χ4v) is 4.36. The van der Waals surface area contributed by atoms with Crippen LogP contribution in [0.3, 0.4) is 0 Å². The smallest absolute Gasteiger partial charge is 0.232 e. The molecule has 29 heavy (non-hydrogen) atoms. The van der Waals surface area contributed by atoms with Gasteiger partial charge in [0.2, 0.25) is 5.91 Å². The van der Waals surface area contributed by atoms with Gasteiger partial charge in [-0.2, -0.15) is 0 Å². The standard InChI is InChI=1S/C25H22N2OS/c1-18-22(29-25(27-18)21-15-9-4-10-16-21)17-26-24(28)23(19-11-5-2-6-12-19)20-13-7-3-8-14-20/h2-16,23H,17H2,1H3,(H,26,28). The van der Waals surface area contributed by atoms with E-state index in [9.17, 15) is 4.79 Å². The second-order valence-corrected chi connectivity index (χ2v) is 7.95. The van der Waals surface area contributed by atoms with Crippen LogP contribution in [0.4, 0.5) is 0 Å². The molecular formula is C25H22N2OS. The first kappa shape index (κ1) is 19.1. The van der Waals surface area contributed by atoms with E-state index in [1.807, 2.05) is 85.8 Å². The normalized spacial score (nSPS) is 10.8. The lowest BCUT2D eigenvalue weighted by Gasteiger charge is -2.17. The highest BCUT2D eigenvalue weighted by atomic mass is 32.1. The molecular weight excluding hydrogens is 376 g/mol. The van der Waals surface area contributed by atoms with Crippen molar-refractivity contribution in [2.24, 2.45) is 0 Å². The average Bonchev–Trinajstić information content (AvgIpc) is 3.15. The van der Waals surface area contributed by atoms with Crippen molar-refractivity contribution in [3.63, 3.8) is 0 Å². The number of hydrogen-bond acceptors (Lipinski definition) is 3. The number of nitrogens with zero attached hydrogens (tertiary/aromatic N) is 1. The molecule has 1 aromatic heterocycles. The minimum atomic E-state index is -0.334. The summed E-state index contributed by atoms with van der Waals surface area (Å²) in [4.78, 5) is 18.9. The molecule has 0 aliphatic heterocycles. The SMILES string of the molecule is Cc1nc(-c2ccccc2)sc1CNC(=O)C(c1ccccc1)c1ccccc1. The van der Waals surface area contributed by atoms with Gasteiger partial charge >= 0.3 is 0 Å². The quantitative estimate of drug-likeness (QED) is 0.461. The van der Waals surface area contributed by atoms with Gasteiger partial charge in [0.15, 0.2) is 0 Å². The zero-order valence-corrected chi connectivity index (χ0v) is 17.0. The van der Waals surface area contributed by atoms with Crippen LogP contribution in [-0.2, 0) is 11.3 Å². The third-order valence-corrected chi connectivity index (χ3v) is 6.07. The van der Waals surface area contributed by atoms with Crippen molar-refractivity contribution < 1.29 is 4.79 Å². The van der Waals surface area contributed by atoms with Crippen molar-refractivity contribution >= 4 is 17.2 Å². The molecule has 0 fully saturated rings. The molecule has 0 atom stereocenters. The summed E-state index contributed by atoms with van der Waals surface area (Å²) in [5.74, 6) is -0.337. The van der Waals surface area contributed by atoms with Crippen LogP contribution in [0, 0.1) is 6.92 Å². The van der Waals surface area contributed by atoms with Crippen LogP contribution in [-0.4, -0.2) is 10.9 Å². The van der Waals surface area contributed by atoms with Crippen molar-refractivity contribution in [1.29, 1.82) is 0 Å². The number of nitrogens with one attached hydrogen (secondary N) is 1. The van der Waals surface area contributed by atoms with E-state index in [4.69, 9.17) is 0 Å². The first-order valence-corrected chi connectivity index (χ1v) is 10.4. The molecule has 0 aliphatic rings. The number of rotatable bonds is 6. The van der Waals surface area contributed by atoms with Crippen LogP contribution in [0.2, 0.25) is 0 Å². The van der Waals surface area contributed by atoms with Crippen LogP contribution in [0.25, 0.3) is 10.6 Å². The van der Waals surface area contributed by atoms with E-state index in [0.29, 0.717) is 6.54 Å². The maximum absolute atomic E-state index is 13.2. The average molecular weight is 399 g/mol. The third kappa shape index (κ3) is 4.44. The molecule has 4 rings (SSSR count). The first-order chi connectivity index (χ1) is 14.2. The molecule has 0 spiro atoms. The zero-order valence-electron chi connectivity index (χ0n) is 16.2. The van der Waals surface area contributed by atoms with Gasteiger partial charge in [-0.15, -0.1) is 11.3 Å². The van der Waals surface area contributed by atoms with Gasteiger partial charge in [-0.05, 0) is 18.1 Å². The van der Waals surface area contributed by atoms with E-state index in [2.05, 4.69) is 22.4 Å². The number of aryl methyl sites for hydroxylation is 1. The van der Waals surface area contributed by atoms with Crippen molar-refractivity contribution in [3.8, 4) is 10.6 Å². The summed E-state index contributed by atoms with van der Waals surface area (Å²) in [6.07, 6.45) is 0. The predicted molar refractivity (Wildman–Crippen MR) is 119 cm³/mol. The van der Waals surface area contributed by atoms with Gasteiger partial charge in [-0.25, -0.2) is 4.98 Å². The van der Waals surface area contributed by atoms with Gasteiger partial charge in [-0.1, -0.05) is 91.0 Å². The fourth-order valence-electron chi connectivity index (χ4n) is 3.35. The molecule has 0 bridgehead atoms. The summed E-state index contributed by atoms with van der Waals surface area (Å²) in [6.45, 7) is 2.47. The van der Waals surface area contributed by atoms with Crippen molar-refractivity contribution in [1.82, 2.24) is 10.3 Å². The molecule has 1 amide bonds. The van der Waals surface area contributed by atoms with E-state index < -0.39 is 0 Å². The van der Waals surface area contributed by atoms with Gasteiger partial charge in [-0.3, -0.25) is 4.79 Å². The number of benzene rings is 3. The summed E-state index contributed by atoms with van der Waals surface area (Å²) in [7, 11) is 0. The van der Waals surface area contributed by atoms with Crippen molar-refractivity contribution in [2.45, 2.75) is 19.4 Å². The molecule has 0 aliphatic carbocycles. The minimum absolute atomic E-state index is 0.00328. The van der Waals surface area contributed by atoms with Gasteiger partial charge in [0, 0.05) is 10.4 Å². The predicted octanol–water partition coefficient (Wildman–Crippen LogP) is 5.57. The molecule has 4 heteroatoms. The highest BCUT2D eigenvalue weighted by Gasteiger charge is 2.22. The summed E-state index contributed by atoms with van der Waals surface area (Å²) >= 11 is 1.63. The Kier molecular flexibility index (Phi) is 5.82. The molecule has 1 heterocycles. The molecule has 3 nitrogen and oxygen atoms in total. The molecule has 0 unspecified atom stereocenters. The van der Waals surface area contributed by atoms with Gasteiger partial charge in [0.05, 0.1) is 18.2 Å². The second kappa shape index (κ2) is 8.84. The Morgan fingerprint density at radius 1 is 0.862 bits per heavy atom. The van der Waals surface area contributed by atoms with Gasteiger partial charge < -0.3 is 5.32 Å². The Balaban J connectivity index is 1.54. The summed E-state index contributed by atoms with van der Waals surface area (Å²) in [5.41, 5.74) is 4.04. The highest BCUT2D eigenvalue weighted by Crippen LogP contribution is 2.29. The zero-order chi connectivity index (χ0) is 20.1. The van der Waals surface area contributed by atoms with Crippen LogP contribution < -0.4 is 5.32 Å². The van der Waals surface area contributed by atoms with Crippen LogP contribution in [0.1, 0.15) is 27.6 Å². The highest BCUT2D eigenvalue weighted by molar-refractivity contribution is 7.15. The third-order valence-electron chi connectivity index (χ3n) is 4.86. The number of thiazole rings is 1. The van der Waals surface area contributed by atoms with Crippen LogP contribution >= 0.6 is 11.3 Å². The Labute approximate surface area is 175 Å². The lowest BCUT2D eigenvalue weighted by atomic mass is 9.90. The van der Waals surface area contributed by atoms with Crippen molar-refractivity contribution in [3.05, 3.63) is 113 Å². The molecule has 3 aromatic carbocycles. The Morgan fingerprint density at radius 2 is 1.38 bits per heavy atom. The molecule has 0 saturated carbocycles. The first-order valence-electron chi connectivity index (χ1n) is 9.61. The molecule has 4 aromatic rings. The number of carbonyl (C=O) groups is 1. The lowest BCUT2D eigenvalue weighted by molar-refractivity contribution is -0.121. The van der Waals surface area contributed by atoms with E-state index in [1.165, 1.54) is 0 Å². The topological polar surface area (TPSA) is 42.0 Å². The molecule has 144 valence electrons. The van der Waals surface area contributed by atoms with E-state index in [1.54, 1.807) is 11.3 Å². The second-order valence-electron chi connectivity index (χ2n) is 6.87. The number of aromatic nitrogens is 1. The van der Waals surface area contributed by atoms with Gasteiger partial charge in [0.1, 0.15) is 5.01 Å². The molecule has 0 saturated heterocycles. The number of amides is 1. The van der Waals surface area contributed by atoms with E-state index in [0.717, 1.165) is 32.3 Å². The number of carbonyl (C=O) groups excluding carboxylic acids is 1. The van der Waals surface area contributed by atoms with Gasteiger partial charge in [0.25, 0.3) is 0 Å². The molecule has 0 radical (unpaired) electrons. The van der Waals surface area contributed by atoms with Crippen molar-refractivity contribution in [2.75, 3.05) is 0 Å². The van der Waals surface area contributed by atoms with E-state index in [-0.39, 0.29) is 11.8 Å². The monoisotopic (exact) mass is 398 g/mol. The molecule has 1 N–H and O–H groups in total. The Morgan fingerprint density at radius 3 is 1.93 bits per heavy atom. The number of hydrogen-bond donors (Lipinski definition) is 1. The summed E-state index contributed by atoms with van der Waals surface area (Å²) in [5, 5.41) is 4.11. The minimum Gasteiger partial charge on any atom is -0.350 e. The maximum atomic E-state index is 13.2. The maximum Gasteiger partial charge on any atom is 0.232 e. The van der Waals surface area contributed by atoms with E-state index >= 15 is 0 Å². The fraction of sp³-hybridized carbons (Fsp3) is 0.120. The Hall–Kier alpha value is -3.24. The summed E-state index contributed by atoms with van der Waals surface area (Å²) < 4.78 is 0. The van der Waals surface area contributed by atoms with Crippen LogP contribution in [0.5, 0.6) is 0 Å². The summed E-state index contributed by atoms with van der Waals surface area (Å²) in [6, 6.07) is 30.0. The Bertz CT molecular complexity index is 1040.